The fraction of sp³-hybridized carbons (Fsp3) is 0.290. The number of halogens is 5. The van der Waals surface area contributed by atoms with Crippen LogP contribution in [0.3, 0.4) is 0 Å². The molecule has 0 atom stereocenters. The van der Waals surface area contributed by atoms with Crippen molar-refractivity contribution in [3.63, 3.8) is 0 Å². The highest BCUT2D eigenvalue weighted by molar-refractivity contribution is 6.33. The van der Waals surface area contributed by atoms with E-state index < -0.39 is 22.9 Å². The molecule has 2 heterocycles. The average molecular weight is 645 g/mol. The summed E-state index contributed by atoms with van der Waals surface area (Å²) in [4.78, 5) is 43.7. The minimum absolute atomic E-state index is 0.00608. The van der Waals surface area contributed by atoms with Crippen LogP contribution in [0.1, 0.15) is 36.0 Å². The molecule has 0 aliphatic carbocycles. The molecule has 2 N–H and O–H groups in total. The maximum atomic E-state index is 13.4. The average Bonchev–Trinajstić information content (AvgIpc) is 2.97. The fourth-order valence-electron chi connectivity index (χ4n) is 5.14. The molecule has 2 aromatic carbocycles. The Bertz CT molecular complexity index is 1770. The second-order valence-corrected chi connectivity index (χ2v) is 11.1. The number of aromatic amines is 1. The maximum Gasteiger partial charge on any atom is 0.416 e. The summed E-state index contributed by atoms with van der Waals surface area (Å²) in [6, 6.07) is 8.25. The molecule has 8 nitrogen and oxygen atoms in total. The van der Waals surface area contributed by atoms with E-state index in [9.17, 15) is 37.9 Å². The van der Waals surface area contributed by atoms with Crippen molar-refractivity contribution in [2.45, 2.75) is 32.0 Å². The number of hydrogen-bond donors (Lipinski definition) is 2. The number of phenolic OH excluding ortho intramolecular Hbond substituents is 1. The molecule has 1 aliphatic rings. The van der Waals surface area contributed by atoms with Gasteiger partial charge in [-0.25, -0.2) is 0 Å². The number of alkyl halides is 3. The molecule has 1 fully saturated rings. The molecule has 4 rings (SSSR count). The topological polar surface area (TPSA) is 117 Å². The van der Waals surface area contributed by atoms with E-state index in [4.69, 9.17) is 29.6 Å². The van der Waals surface area contributed by atoms with Crippen LogP contribution in [0.2, 0.25) is 10.0 Å². The number of aromatic nitrogens is 1. The van der Waals surface area contributed by atoms with Crippen LogP contribution in [0.5, 0.6) is 5.75 Å². The number of rotatable bonds is 6. The monoisotopic (exact) mass is 644 g/mol. The Labute approximate surface area is 260 Å². The lowest BCUT2D eigenvalue weighted by Crippen LogP contribution is -2.43. The molecular weight excluding hydrogens is 620 g/mol. The van der Waals surface area contributed by atoms with Crippen LogP contribution in [0.25, 0.3) is 22.4 Å². The van der Waals surface area contributed by atoms with E-state index >= 15 is 0 Å². The fourth-order valence-corrected chi connectivity index (χ4v) is 5.60. The Balaban J connectivity index is 1.66. The summed E-state index contributed by atoms with van der Waals surface area (Å²) in [5.41, 5.74) is -2.62. The number of piperidine rings is 1. The molecular formula is C31H25Cl2F3N4O4. The van der Waals surface area contributed by atoms with Crippen LogP contribution in [0, 0.1) is 29.6 Å². The molecule has 1 aromatic heterocycles. The molecule has 228 valence electrons. The second kappa shape index (κ2) is 13.0. The molecule has 1 aliphatic heterocycles. The first-order valence-electron chi connectivity index (χ1n) is 13.3. The van der Waals surface area contributed by atoms with Crippen molar-refractivity contribution in [1.82, 2.24) is 14.8 Å². The number of benzene rings is 2. The molecule has 0 saturated carbocycles. The van der Waals surface area contributed by atoms with Gasteiger partial charge in [-0.3, -0.25) is 14.4 Å². The van der Waals surface area contributed by atoms with Gasteiger partial charge >= 0.3 is 6.18 Å². The van der Waals surface area contributed by atoms with E-state index in [0.717, 1.165) is 18.2 Å². The van der Waals surface area contributed by atoms with E-state index in [1.807, 2.05) is 0 Å². The van der Waals surface area contributed by atoms with E-state index in [1.54, 1.807) is 18.0 Å². The quantitative estimate of drug-likeness (QED) is 0.327. The number of H-pyrrole nitrogens is 1. The van der Waals surface area contributed by atoms with Gasteiger partial charge in [-0.1, -0.05) is 29.1 Å². The zero-order valence-corrected chi connectivity index (χ0v) is 24.8. The smallest absolute Gasteiger partial charge is 0.416 e. The standard InChI is InChI=1S/C31H25Cl2F3N4O4/c1-3-4-27(41)40-9-7-17(8-10-40)30(44)39(2)16-18-11-20(32)13-23(28(18)42)26-14-21(24(15-37)29(43)38-26)22-12-19(31(34,35)36)5-6-25(22)33/h1,5-6,11-14,17,42H,4,7-10,16H2,2H3,(H,38,43). The van der Waals surface area contributed by atoms with Gasteiger partial charge in [0.15, 0.2) is 0 Å². The highest BCUT2D eigenvalue weighted by Gasteiger charge is 2.32. The van der Waals surface area contributed by atoms with Crippen molar-refractivity contribution in [2.75, 3.05) is 20.1 Å². The third-order valence-electron chi connectivity index (χ3n) is 7.41. The van der Waals surface area contributed by atoms with Crippen molar-refractivity contribution in [1.29, 1.82) is 5.26 Å². The van der Waals surface area contributed by atoms with Gasteiger partial charge in [0, 0.05) is 64.9 Å². The number of nitriles is 1. The lowest BCUT2D eigenvalue weighted by Gasteiger charge is -2.33. The van der Waals surface area contributed by atoms with Gasteiger partial charge in [-0.05, 0) is 49.2 Å². The number of likely N-dealkylation sites (tertiary alicyclic amines) is 1. The Morgan fingerprint density at radius 3 is 2.43 bits per heavy atom. The van der Waals surface area contributed by atoms with E-state index in [2.05, 4.69) is 10.9 Å². The van der Waals surface area contributed by atoms with Crippen molar-refractivity contribution >= 4 is 35.0 Å². The molecule has 13 heteroatoms. The highest BCUT2D eigenvalue weighted by atomic mass is 35.5. The van der Waals surface area contributed by atoms with Crippen LogP contribution in [-0.4, -0.2) is 51.8 Å². The molecule has 0 bridgehead atoms. The maximum absolute atomic E-state index is 13.4. The molecule has 44 heavy (non-hydrogen) atoms. The van der Waals surface area contributed by atoms with Crippen molar-refractivity contribution in [3.8, 4) is 46.5 Å². The van der Waals surface area contributed by atoms with Gasteiger partial charge in [0.1, 0.15) is 17.4 Å². The third-order valence-corrected chi connectivity index (χ3v) is 7.95. The van der Waals surface area contributed by atoms with Crippen LogP contribution in [-0.2, 0) is 22.3 Å². The van der Waals surface area contributed by atoms with Gasteiger partial charge in [0.05, 0.1) is 17.7 Å². The van der Waals surface area contributed by atoms with E-state index in [0.29, 0.717) is 25.9 Å². The van der Waals surface area contributed by atoms with Crippen LogP contribution in [0.4, 0.5) is 13.2 Å². The van der Waals surface area contributed by atoms with Gasteiger partial charge in [-0.15, -0.1) is 6.42 Å². The van der Waals surface area contributed by atoms with Gasteiger partial charge < -0.3 is 19.9 Å². The van der Waals surface area contributed by atoms with Gasteiger partial charge in [-0.2, -0.15) is 18.4 Å². The number of terminal acetylenes is 1. The Kier molecular flexibility index (Phi) is 9.62. The summed E-state index contributed by atoms with van der Waals surface area (Å²) in [5, 5.41) is 20.9. The number of amides is 2. The number of pyridine rings is 1. The summed E-state index contributed by atoms with van der Waals surface area (Å²) in [5.74, 6) is 1.25. The van der Waals surface area contributed by atoms with Crippen molar-refractivity contribution < 1.29 is 27.9 Å². The molecule has 3 aromatic rings. The van der Waals surface area contributed by atoms with Crippen LogP contribution < -0.4 is 5.56 Å². The van der Waals surface area contributed by atoms with Crippen LogP contribution >= 0.6 is 23.2 Å². The first-order valence-corrected chi connectivity index (χ1v) is 14.0. The Morgan fingerprint density at radius 1 is 1.14 bits per heavy atom. The minimum Gasteiger partial charge on any atom is -0.507 e. The lowest BCUT2D eigenvalue weighted by molar-refractivity contribution is -0.139. The van der Waals surface area contributed by atoms with Crippen molar-refractivity contribution in [2.24, 2.45) is 5.92 Å². The summed E-state index contributed by atoms with van der Waals surface area (Å²) in [6.07, 6.45) is 1.38. The van der Waals surface area contributed by atoms with Crippen LogP contribution in [0.15, 0.2) is 41.2 Å². The molecule has 0 unspecified atom stereocenters. The minimum atomic E-state index is -4.71. The molecule has 2 amide bonds. The number of hydrogen-bond acceptors (Lipinski definition) is 5. The second-order valence-electron chi connectivity index (χ2n) is 10.3. The first-order chi connectivity index (χ1) is 20.7. The number of phenols is 1. The summed E-state index contributed by atoms with van der Waals surface area (Å²) in [6.45, 7) is 0.713. The highest BCUT2D eigenvalue weighted by Crippen LogP contribution is 2.40. The van der Waals surface area contributed by atoms with E-state index in [1.165, 1.54) is 23.1 Å². The molecule has 0 spiro atoms. The molecule has 0 radical (unpaired) electrons. The number of nitrogens with one attached hydrogen (secondary N) is 1. The van der Waals surface area contributed by atoms with Gasteiger partial charge in [0.2, 0.25) is 11.8 Å². The largest absolute Gasteiger partial charge is 0.507 e. The SMILES string of the molecule is C#CCC(=O)N1CCC(C(=O)N(C)Cc2cc(Cl)cc(-c3cc(-c4cc(C(F)(F)F)ccc4Cl)c(C#N)c(=O)[nH]3)c2O)CC1. The zero-order chi connectivity index (χ0) is 32.3. The lowest BCUT2D eigenvalue weighted by atomic mass is 9.94. The Morgan fingerprint density at radius 2 is 1.82 bits per heavy atom. The Hall–Kier alpha value is -4.45. The summed E-state index contributed by atoms with van der Waals surface area (Å²) in [7, 11) is 1.55. The van der Waals surface area contributed by atoms with Crippen molar-refractivity contribution in [3.05, 3.63) is 73.5 Å². The van der Waals surface area contributed by atoms with E-state index in [-0.39, 0.29) is 74.4 Å². The normalized spacial score (nSPS) is 13.7. The number of nitrogens with zero attached hydrogens (tertiary/aromatic N) is 3. The first kappa shape index (κ1) is 32.5. The summed E-state index contributed by atoms with van der Waals surface area (Å²) >= 11 is 12.6. The number of carbonyl (C=O) groups is 2. The predicted octanol–water partition coefficient (Wildman–Crippen LogP) is 5.83. The predicted molar refractivity (Wildman–Crippen MR) is 159 cm³/mol. The molecule has 1 saturated heterocycles. The number of carbonyl (C=O) groups excluding carboxylic acids is 2. The zero-order valence-electron chi connectivity index (χ0n) is 23.3. The summed E-state index contributed by atoms with van der Waals surface area (Å²) < 4.78 is 40.3. The number of aromatic hydroxyl groups is 1. The van der Waals surface area contributed by atoms with Gasteiger partial charge in [0.25, 0.3) is 5.56 Å². The third kappa shape index (κ3) is 6.85.